The van der Waals surface area contributed by atoms with Crippen LogP contribution < -0.4 is 10.4 Å². The van der Waals surface area contributed by atoms with Crippen LogP contribution in [-0.2, 0) is 12.8 Å². The van der Waals surface area contributed by atoms with Crippen LogP contribution in [0.1, 0.15) is 64.4 Å². The molecule has 3 aromatic carbocycles. The van der Waals surface area contributed by atoms with Gasteiger partial charge in [0, 0.05) is 23.3 Å². The molecule has 0 radical (unpaired) electrons. The van der Waals surface area contributed by atoms with Crippen molar-refractivity contribution in [2.45, 2.75) is 44.9 Å². The fraction of sp³-hybridized carbons (Fsp3) is 0.226. The summed E-state index contributed by atoms with van der Waals surface area (Å²) < 4.78 is 1.68. The van der Waals surface area contributed by atoms with Crippen molar-refractivity contribution in [3.63, 3.8) is 0 Å². The molecule has 1 unspecified atom stereocenters. The maximum Gasteiger partial charge on any atom is 0.278 e. The normalized spacial score (nSPS) is 17.2. The van der Waals surface area contributed by atoms with Gasteiger partial charge in [-0.3, -0.25) is 19.3 Å². The summed E-state index contributed by atoms with van der Waals surface area (Å²) in [6.45, 7) is 3.89. The third kappa shape index (κ3) is 3.79. The molecule has 6 rings (SSSR count). The molecule has 2 heterocycles. The summed E-state index contributed by atoms with van der Waals surface area (Å²) >= 11 is 6.27. The number of halogens is 1. The van der Waals surface area contributed by atoms with Crippen molar-refractivity contribution in [3.05, 3.63) is 134 Å². The van der Waals surface area contributed by atoms with E-state index in [4.69, 9.17) is 11.6 Å². The number of pyridine rings is 1. The minimum Gasteiger partial charge on any atom is -0.502 e. The Labute approximate surface area is 226 Å². The summed E-state index contributed by atoms with van der Waals surface area (Å²) in [5, 5.41) is 13.7. The fourth-order valence-electron chi connectivity index (χ4n) is 5.90. The van der Waals surface area contributed by atoms with Crippen molar-refractivity contribution in [1.82, 2.24) is 9.58 Å². The van der Waals surface area contributed by atoms with Crippen molar-refractivity contribution < 1.29 is 9.90 Å². The van der Waals surface area contributed by atoms with Gasteiger partial charge in [0.2, 0.25) is 5.43 Å². The third-order valence-electron chi connectivity index (χ3n) is 7.61. The number of hydrogen-bond acceptors (Lipinski definition) is 4. The number of amides is 1. The number of nitrogens with zero attached hydrogens (tertiary/aromatic N) is 3. The number of aromatic hydroxyl groups is 1. The highest BCUT2D eigenvalue weighted by Gasteiger charge is 2.46. The van der Waals surface area contributed by atoms with Crippen molar-refractivity contribution in [1.29, 1.82) is 0 Å². The van der Waals surface area contributed by atoms with Crippen LogP contribution in [-0.4, -0.2) is 26.6 Å². The van der Waals surface area contributed by atoms with E-state index in [0.717, 1.165) is 29.5 Å². The van der Waals surface area contributed by atoms with Gasteiger partial charge in [0.25, 0.3) is 5.91 Å². The van der Waals surface area contributed by atoms with E-state index in [1.165, 1.54) is 17.2 Å². The topological polar surface area (TPSA) is 65.8 Å². The van der Waals surface area contributed by atoms with E-state index in [2.05, 4.69) is 41.4 Å². The minimum atomic E-state index is -0.583. The lowest BCUT2D eigenvalue weighted by Crippen LogP contribution is -2.59. The predicted molar refractivity (Wildman–Crippen MR) is 148 cm³/mol. The van der Waals surface area contributed by atoms with Crippen molar-refractivity contribution in [2.75, 3.05) is 5.01 Å². The highest BCUT2D eigenvalue weighted by molar-refractivity contribution is 6.30. The zero-order valence-electron chi connectivity index (χ0n) is 21.2. The molecule has 1 N–H and O–H groups in total. The van der Waals surface area contributed by atoms with Crippen molar-refractivity contribution in [2.24, 2.45) is 0 Å². The van der Waals surface area contributed by atoms with Gasteiger partial charge in [-0.25, -0.2) is 0 Å². The molecule has 1 atom stereocenters. The molecule has 192 valence electrons. The van der Waals surface area contributed by atoms with E-state index in [1.807, 2.05) is 50.2 Å². The summed E-state index contributed by atoms with van der Waals surface area (Å²) in [5.41, 5.74) is 4.96. The van der Waals surface area contributed by atoms with Crippen LogP contribution in [0.4, 0.5) is 0 Å². The zero-order chi connectivity index (χ0) is 26.6. The number of carbonyl (C=O) groups is 1. The van der Waals surface area contributed by atoms with Gasteiger partial charge < -0.3 is 10.0 Å². The van der Waals surface area contributed by atoms with Gasteiger partial charge in [-0.2, -0.15) is 0 Å². The minimum absolute atomic E-state index is 0.0318. The molecule has 1 aromatic heterocycles. The van der Waals surface area contributed by atoms with Gasteiger partial charge in [0.05, 0.1) is 6.04 Å². The average Bonchev–Trinajstić information content (AvgIpc) is 3.08. The number of hydrogen-bond donors (Lipinski definition) is 1. The molecule has 0 saturated carbocycles. The van der Waals surface area contributed by atoms with Crippen LogP contribution in [0.5, 0.6) is 5.75 Å². The summed E-state index contributed by atoms with van der Waals surface area (Å²) in [7, 11) is 0. The molecular weight excluding hydrogens is 498 g/mol. The third-order valence-corrected chi connectivity index (χ3v) is 7.86. The lowest BCUT2D eigenvalue weighted by Gasteiger charge is -2.51. The lowest BCUT2D eigenvalue weighted by molar-refractivity contribution is 0.0460. The monoisotopic (exact) mass is 525 g/mol. The van der Waals surface area contributed by atoms with Gasteiger partial charge in [-0.05, 0) is 66.6 Å². The van der Waals surface area contributed by atoms with Crippen LogP contribution in [0, 0.1) is 0 Å². The molecule has 0 bridgehead atoms. The summed E-state index contributed by atoms with van der Waals surface area (Å²) in [4.78, 5) is 28.3. The Morgan fingerprint density at radius 2 is 1.42 bits per heavy atom. The van der Waals surface area contributed by atoms with Gasteiger partial charge in [-0.1, -0.05) is 72.3 Å². The predicted octanol–water partition coefficient (Wildman–Crippen LogP) is 5.60. The molecule has 1 aliphatic carbocycles. The van der Waals surface area contributed by atoms with E-state index in [9.17, 15) is 14.7 Å². The molecule has 1 aliphatic heterocycles. The molecule has 0 saturated heterocycles. The Kier molecular flexibility index (Phi) is 6.00. The van der Waals surface area contributed by atoms with Gasteiger partial charge in [0.1, 0.15) is 6.17 Å². The number of fused-ring (bicyclic) bond motifs is 3. The highest BCUT2D eigenvalue weighted by atomic mass is 35.5. The van der Waals surface area contributed by atoms with Crippen LogP contribution >= 0.6 is 11.6 Å². The van der Waals surface area contributed by atoms with Crippen LogP contribution in [0.15, 0.2) is 89.9 Å². The number of aryl methyl sites for hydroxylation is 2. The molecule has 4 aromatic rings. The Balaban J connectivity index is 1.72. The first-order valence-corrected chi connectivity index (χ1v) is 13.2. The first kappa shape index (κ1) is 24.3. The van der Waals surface area contributed by atoms with Gasteiger partial charge in [0.15, 0.2) is 11.4 Å². The van der Waals surface area contributed by atoms with Gasteiger partial charge in [-0.15, -0.1) is 0 Å². The smallest absolute Gasteiger partial charge is 0.278 e. The first-order valence-electron chi connectivity index (χ1n) is 12.8. The van der Waals surface area contributed by atoms with E-state index in [1.54, 1.807) is 15.8 Å². The highest BCUT2D eigenvalue weighted by Crippen LogP contribution is 2.44. The zero-order valence-corrected chi connectivity index (χ0v) is 22.0. The molecule has 6 nitrogen and oxygen atoms in total. The van der Waals surface area contributed by atoms with Crippen LogP contribution in [0.2, 0.25) is 5.02 Å². The Bertz CT molecular complexity index is 1550. The molecule has 1 amide bonds. The summed E-state index contributed by atoms with van der Waals surface area (Å²) in [6, 6.07) is 25.1. The van der Waals surface area contributed by atoms with E-state index < -0.39 is 23.3 Å². The maximum absolute atomic E-state index is 14.0. The van der Waals surface area contributed by atoms with E-state index in [0.29, 0.717) is 5.02 Å². The molecular formula is C31H28ClN3O3. The second kappa shape index (κ2) is 9.37. The Morgan fingerprint density at radius 3 is 2.00 bits per heavy atom. The summed E-state index contributed by atoms with van der Waals surface area (Å²) in [5.74, 6) is -0.945. The lowest BCUT2D eigenvalue weighted by atomic mass is 9.92. The molecule has 0 fully saturated rings. The fourth-order valence-corrected chi connectivity index (χ4v) is 6.02. The SMILES string of the molecule is CC(C)N1C(=O)c2c(O)c(=O)ccn2N(C2c3ccccc3CCc3ccccc32)C1c1ccc(Cl)cc1. The molecule has 0 spiro atoms. The van der Waals surface area contributed by atoms with Crippen LogP contribution in [0.3, 0.4) is 0 Å². The average molecular weight is 526 g/mol. The Morgan fingerprint density at radius 1 is 0.842 bits per heavy atom. The quantitative estimate of drug-likeness (QED) is 0.378. The summed E-state index contributed by atoms with van der Waals surface area (Å²) in [6.07, 6.45) is 2.83. The second-order valence-electron chi connectivity index (χ2n) is 10.1. The van der Waals surface area contributed by atoms with Crippen molar-refractivity contribution >= 4 is 17.5 Å². The van der Waals surface area contributed by atoms with Crippen LogP contribution in [0.25, 0.3) is 0 Å². The first-order chi connectivity index (χ1) is 18.4. The van der Waals surface area contributed by atoms with E-state index in [-0.39, 0.29) is 17.8 Å². The Hall–Kier alpha value is -4.03. The standard InChI is InChI=1S/C31H28ClN3O3/c1-19(2)34-30(22-13-15-23(32)16-14-22)35(33-18-17-26(36)29(37)28(33)31(34)38)27-24-9-5-3-7-20(24)11-12-21-8-4-6-10-25(21)27/h3-10,13-19,27,30,37H,11-12H2,1-2H3. The second-order valence-corrected chi connectivity index (χ2v) is 10.6. The largest absolute Gasteiger partial charge is 0.502 e. The molecule has 7 heteroatoms. The van der Waals surface area contributed by atoms with E-state index >= 15 is 0 Å². The molecule has 2 aliphatic rings. The number of benzene rings is 3. The van der Waals surface area contributed by atoms with Gasteiger partial charge >= 0.3 is 0 Å². The number of carbonyl (C=O) groups excluding carboxylic acids is 1. The van der Waals surface area contributed by atoms with Crippen molar-refractivity contribution in [3.8, 4) is 5.75 Å². The maximum atomic E-state index is 14.0. The molecule has 38 heavy (non-hydrogen) atoms. The number of rotatable bonds is 3. The number of aromatic nitrogens is 1.